The van der Waals surface area contributed by atoms with E-state index < -0.39 is 0 Å². The minimum absolute atomic E-state index is 0.178. The van der Waals surface area contributed by atoms with Gasteiger partial charge in [-0.2, -0.15) is 0 Å². The molecule has 0 unspecified atom stereocenters. The van der Waals surface area contributed by atoms with E-state index in [0.29, 0.717) is 22.4 Å². The first-order valence-corrected chi connectivity index (χ1v) is 8.03. The normalized spacial score (nSPS) is 12.1. The molecule has 1 atom stereocenters. The number of aromatic amines is 1. The first-order valence-electron chi connectivity index (χ1n) is 6.33. The summed E-state index contributed by atoms with van der Waals surface area (Å²) in [6, 6.07) is 1.41. The lowest BCUT2D eigenvalue weighted by atomic mass is 10.3. The Morgan fingerprint density at radius 1 is 1.48 bits per heavy atom. The van der Waals surface area contributed by atoms with Crippen molar-refractivity contribution in [3.05, 3.63) is 27.1 Å². The first-order chi connectivity index (χ1) is 9.97. The Morgan fingerprint density at radius 2 is 2.24 bits per heavy atom. The number of H-pyrrole nitrogens is 1. The lowest BCUT2D eigenvalue weighted by molar-refractivity contribution is -0.115. The quantitative estimate of drug-likeness (QED) is 0.641. The summed E-state index contributed by atoms with van der Waals surface area (Å²) < 4.78 is 0. The fraction of sp³-hybridized carbons (Fsp3) is 0.417. The van der Waals surface area contributed by atoms with Crippen LogP contribution in [0.3, 0.4) is 0 Å². The van der Waals surface area contributed by atoms with E-state index in [1.807, 2.05) is 13.8 Å². The molecule has 2 aromatic heterocycles. The van der Waals surface area contributed by atoms with Gasteiger partial charge in [0.1, 0.15) is 5.01 Å². The number of nitrogens with one attached hydrogen (secondary N) is 2. The van der Waals surface area contributed by atoms with Gasteiger partial charge < -0.3 is 4.98 Å². The van der Waals surface area contributed by atoms with Crippen LogP contribution in [0.25, 0.3) is 0 Å². The number of amides is 1. The minimum atomic E-state index is -0.362. The zero-order chi connectivity index (χ0) is 15.4. The fourth-order valence-corrected chi connectivity index (χ4v) is 3.15. The Balaban J connectivity index is 2.08. The molecule has 7 nitrogen and oxygen atoms in total. The van der Waals surface area contributed by atoms with Gasteiger partial charge in [-0.15, -0.1) is 10.2 Å². The van der Waals surface area contributed by atoms with Crippen LogP contribution in [0.5, 0.6) is 0 Å². The molecule has 0 bridgehead atoms. The summed E-state index contributed by atoms with van der Waals surface area (Å²) in [5, 5.41) is 11.8. The van der Waals surface area contributed by atoms with E-state index in [-0.39, 0.29) is 16.7 Å². The number of aromatic nitrogens is 4. The molecule has 0 aliphatic carbocycles. The van der Waals surface area contributed by atoms with Gasteiger partial charge in [0, 0.05) is 11.8 Å². The molecule has 2 N–H and O–H groups in total. The molecule has 0 saturated heterocycles. The second-order valence-corrected chi connectivity index (χ2v) is 6.70. The number of rotatable bonds is 5. The lowest BCUT2D eigenvalue weighted by Gasteiger charge is -2.12. The molecule has 21 heavy (non-hydrogen) atoms. The number of nitrogens with zero attached hydrogens (tertiary/aromatic N) is 3. The van der Waals surface area contributed by atoms with E-state index in [2.05, 4.69) is 25.5 Å². The Hall–Kier alpha value is -1.74. The average molecular weight is 325 g/mol. The number of hydrogen-bond donors (Lipinski definition) is 2. The standard InChI is InChI=1S/C12H15N5O2S2/c1-4-8(10(19)15-12-17-16-7(3)20-12)21-11-13-6(2)5-9(18)14-11/h5,8H,4H2,1-3H3,(H,13,14,18)(H,15,17,19)/t8-/m0/s1. The molecular weight excluding hydrogens is 310 g/mol. The highest BCUT2D eigenvalue weighted by atomic mass is 32.2. The van der Waals surface area contributed by atoms with Gasteiger partial charge in [-0.05, 0) is 20.3 Å². The molecule has 2 rings (SSSR count). The maximum absolute atomic E-state index is 12.2. The predicted molar refractivity (Wildman–Crippen MR) is 82.8 cm³/mol. The van der Waals surface area contributed by atoms with Gasteiger partial charge in [0.25, 0.3) is 5.56 Å². The lowest BCUT2D eigenvalue weighted by Crippen LogP contribution is -2.25. The van der Waals surface area contributed by atoms with Crippen molar-refractivity contribution < 1.29 is 4.79 Å². The van der Waals surface area contributed by atoms with Gasteiger partial charge >= 0.3 is 0 Å². The Labute approximate surface area is 129 Å². The van der Waals surface area contributed by atoms with Gasteiger partial charge in [-0.1, -0.05) is 30.0 Å². The van der Waals surface area contributed by atoms with Gasteiger partial charge in [0.15, 0.2) is 5.16 Å². The maximum atomic E-state index is 12.2. The van der Waals surface area contributed by atoms with Crippen LogP contribution < -0.4 is 10.9 Å². The number of aryl methyl sites for hydroxylation is 2. The van der Waals surface area contributed by atoms with Gasteiger partial charge in [-0.25, -0.2) is 4.98 Å². The van der Waals surface area contributed by atoms with Crippen molar-refractivity contribution in [1.82, 2.24) is 20.2 Å². The Morgan fingerprint density at radius 3 is 2.81 bits per heavy atom. The van der Waals surface area contributed by atoms with Crippen LogP contribution in [0.15, 0.2) is 16.0 Å². The van der Waals surface area contributed by atoms with Gasteiger partial charge in [-0.3, -0.25) is 14.9 Å². The third-order valence-electron chi connectivity index (χ3n) is 2.52. The van der Waals surface area contributed by atoms with Crippen molar-refractivity contribution in [2.45, 2.75) is 37.6 Å². The predicted octanol–water partition coefficient (Wildman–Crippen LogP) is 1.75. The van der Waals surface area contributed by atoms with Crippen molar-refractivity contribution in [1.29, 1.82) is 0 Å². The van der Waals surface area contributed by atoms with E-state index in [4.69, 9.17) is 0 Å². The molecule has 112 valence electrons. The molecule has 0 fully saturated rings. The number of carbonyl (C=O) groups is 1. The van der Waals surface area contributed by atoms with Crippen LogP contribution >= 0.6 is 23.1 Å². The van der Waals surface area contributed by atoms with Crippen molar-refractivity contribution >= 4 is 34.1 Å². The van der Waals surface area contributed by atoms with E-state index >= 15 is 0 Å². The van der Waals surface area contributed by atoms with Crippen molar-refractivity contribution in [3.63, 3.8) is 0 Å². The summed E-state index contributed by atoms with van der Waals surface area (Å²) in [4.78, 5) is 30.5. The monoisotopic (exact) mass is 325 g/mol. The number of hydrogen-bond acceptors (Lipinski definition) is 7. The molecule has 1 amide bonds. The molecule has 0 aliphatic rings. The summed E-state index contributed by atoms with van der Waals surface area (Å²) >= 11 is 2.55. The zero-order valence-electron chi connectivity index (χ0n) is 11.8. The van der Waals surface area contributed by atoms with Crippen molar-refractivity contribution in [3.8, 4) is 0 Å². The van der Waals surface area contributed by atoms with Crippen LogP contribution in [-0.2, 0) is 4.79 Å². The summed E-state index contributed by atoms with van der Waals surface area (Å²) in [5.41, 5.74) is 0.399. The molecule has 0 aliphatic heterocycles. The van der Waals surface area contributed by atoms with E-state index in [1.165, 1.54) is 29.2 Å². The average Bonchev–Trinajstić information content (AvgIpc) is 2.80. The second-order valence-electron chi connectivity index (χ2n) is 4.32. The number of carbonyl (C=O) groups excluding carboxylic acids is 1. The van der Waals surface area contributed by atoms with Crippen molar-refractivity contribution in [2.75, 3.05) is 5.32 Å². The Bertz CT molecular complexity index is 697. The Kier molecular flexibility index (Phi) is 5.07. The minimum Gasteiger partial charge on any atom is -0.301 e. The highest BCUT2D eigenvalue weighted by Crippen LogP contribution is 2.23. The second kappa shape index (κ2) is 6.81. The van der Waals surface area contributed by atoms with Crippen LogP contribution in [0.2, 0.25) is 0 Å². The third kappa shape index (κ3) is 4.36. The molecular formula is C12H15N5O2S2. The zero-order valence-corrected chi connectivity index (χ0v) is 13.5. The molecule has 0 saturated carbocycles. The number of anilines is 1. The largest absolute Gasteiger partial charge is 0.301 e. The first kappa shape index (κ1) is 15.6. The van der Waals surface area contributed by atoms with Crippen LogP contribution in [0, 0.1) is 13.8 Å². The molecule has 9 heteroatoms. The molecule has 0 radical (unpaired) electrons. The molecule has 0 spiro atoms. The van der Waals surface area contributed by atoms with E-state index in [1.54, 1.807) is 6.92 Å². The molecule has 2 aromatic rings. The smallest absolute Gasteiger partial charge is 0.251 e. The van der Waals surface area contributed by atoms with Crippen LogP contribution in [-0.4, -0.2) is 31.3 Å². The SMILES string of the molecule is CC[C@H](Sc1nc(C)cc(=O)[nH]1)C(=O)Nc1nnc(C)s1. The van der Waals surface area contributed by atoms with E-state index in [0.717, 1.165) is 5.01 Å². The summed E-state index contributed by atoms with van der Waals surface area (Å²) in [5.74, 6) is -0.178. The molecule has 0 aromatic carbocycles. The summed E-state index contributed by atoms with van der Waals surface area (Å²) in [7, 11) is 0. The van der Waals surface area contributed by atoms with Gasteiger partial charge in [0.05, 0.1) is 5.25 Å². The maximum Gasteiger partial charge on any atom is 0.251 e. The molecule has 2 heterocycles. The third-order valence-corrected chi connectivity index (χ3v) is 4.52. The fourth-order valence-electron chi connectivity index (χ4n) is 1.60. The van der Waals surface area contributed by atoms with Crippen molar-refractivity contribution in [2.24, 2.45) is 0 Å². The topological polar surface area (TPSA) is 101 Å². The van der Waals surface area contributed by atoms with Crippen LogP contribution in [0.4, 0.5) is 5.13 Å². The summed E-state index contributed by atoms with van der Waals surface area (Å²) in [6.45, 7) is 5.46. The summed E-state index contributed by atoms with van der Waals surface area (Å²) in [6.07, 6.45) is 0.603. The van der Waals surface area contributed by atoms with Crippen LogP contribution in [0.1, 0.15) is 24.0 Å². The van der Waals surface area contributed by atoms with Gasteiger partial charge in [0.2, 0.25) is 11.0 Å². The van der Waals surface area contributed by atoms with E-state index in [9.17, 15) is 9.59 Å². The highest BCUT2D eigenvalue weighted by Gasteiger charge is 2.20. The number of thioether (sulfide) groups is 1. The highest BCUT2D eigenvalue weighted by molar-refractivity contribution is 8.00.